The van der Waals surface area contributed by atoms with Gasteiger partial charge in [-0.05, 0) is 19.9 Å². The van der Waals surface area contributed by atoms with Gasteiger partial charge in [0.15, 0.2) is 0 Å². The van der Waals surface area contributed by atoms with E-state index in [4.69, 9.17) is 0 Å². The molecule has 0 aromatic rings. The molecule has 5 heteroatoms. The van der Waals surface area contributed by atoms with Gasteiger partial charge in [0.2, 0.25) is 0 Å². The third kappa shape index (κ3) is 7.37. The fourth-order valence-corrected chi connectivity index (χ4v) is 3.85. The number of rotatable bonds is 3. The zero-order chi connectivity index (χ0) is 18.6. The van der Waals surface area contributed by atoms with Gasteiger partial charge in [-0.3, -0.25) is 4.79 Å². The van der Waals surface area contributed by atoms with E-state index in [0.29, 0.717) is 19.1 Å². The molecule has 1 amide bonds. The van der Waals surface area contributed by atoms with E-state index in [9.17, 15) is 10.1 Å². The Labute approximate surface area is 159 Å². The maximum absolute atomic E-state index is 12.6. The zero-order valence-corrected chi connectivity index (χ0v) is 16.5. The fraction of sp³-hybridized carbons (Fsp3) is 0.810. The zero-order valence-electron chi connectivity index (χ0n) is 16.5. The van der Waals surface area contributed by atoms with E-state index < -0.39 is 0 Å². The number of carbonyl (C=O) groups excluding carboxylic acids is 1. The number of carbonyl (C=O) groups is 1. The van der Waals surface area contributed by atoms with Crippen LogP contribution >= 0.6 is 0 Å². The second-order valence-electron chi connectivity index (χ2n) is 7.89. The van der Waals surface area contributed by atoms with Crippen molar-refractivity contribution in [3.05, 3.63) is 11.8 Å². The normalized spacial score (nSPS) is 22.8. The largest absolute Gasteiger partial charge is 0.387 e. The lowest BCUT2D eigenvalue weighted by Gasteiger charge is -2.32. The van der Waals surface area contributed by atoms with Crippen LogP contribution in [-0.4, -0.2) is 55.0 Å². The van der Waals surface area contributed by atoms with Crippen molar-refractivity contribution in [1.82, 2.24) is 15.1 Å². The molecular formula is C21H36N4O. The Morgan fingerprint density at radius 1 is 0.923 bits per heavy atom. The van der Waals surface area contributed by atoms with E-state index in [-0.39, 0.29) is 11.5 Å². The van der Waals surface area contributed by atoms with E-state index in [2.05, 4.69) is 23.3 Å². The maximum Gasteiger partial charge on any atom is 0.266 e. The van der Waals surface area contributed by atoms with Gasteiger partial charge < -0.3 is 15.1 Å². The first kappa shape index (κ1) is 20.8. The Balaban J connectivity index is 1.87. The summed E-state index contributed by atoms with van der Waals surface area (Å²) >= 11 is 0. The molecule has 0 spiro atoms. The molecule has 0 aromatic heterocycles. The van der Waals surface area contributed by atoms with Gasteiger partial charge in [0.05, 0.1) is 0 Å². The molecule has 26 heavy (non-hydrogen) atoms. The lowest BCUT2D eigenvalue weighted by atomic mass is 9.98. The van der Waals surface area contributed by atoms with Crippen LogP contribution in [0.5, 0.6) is 0 Å². The summed E-state index contributed by atoms with van der Waals surface area (Å²) < 4.78 is 0. The summed E-state index contributed by atoms with van der Waals surface area (Å²) in [5.74, 6) is -0.124. The molecule has 1 aliphatic carbocycles. The van der Waals surface area contributed by atoms with Crippen LogP contribution < -0.4 is 5.32 Å². The second kappa shape index (κ2) is 12.0. The van der Waals surface area contributed by atoms with Crippen molar-refractivity contribution < 1.29 is 4.79 Å². The Morgan fingerprint density at radius 2 is 1.42 bits per heavy atom. The number of nitrogens with one attached hydrogen (secondary N) is 1. The minimum Gasteiger partial charge on any atom is -0.387 e. The van der Waals surface area contributed by atoms with E-state index >= 15 is 0 Å². The second-order valence-corrected chi connectivity index (χ2v) is 7.89. The molecule has 2 rings (SSSR count). The van der Waals surface area contributed by atoms with Gasteiger partial charge in [-0.15, -0.1) is 0 Å². The number of likely N-dealkylation sites (N-methyl/N-ethyl adjacent to an activating group) is 1. The summed E-state index contributed by atoms with van der Waals surface area (Å²) in [6.45, 7) is 3.16. The van der Waals surface area contributed by atoms with Crippen molar-refractivity contribution in [3.8, 4) is 6.07 Å². The highest BCUT2D eigenvalue weighted by molar-refractivity contribution is 5.97. The van der Waals surface area contributed by atoms with Gasteiger partial charge in [-0.2, -0.15) is 5.26 Å². The third-order valence-corrected chi connectivity index (χ3v) is 5.71. The summed E-state index contributed by atoms with van der Waals surface area (Å²) in [5.41, 5.74) is 0.251. The van der Waals surface area contributed by atoms with Crippen molar-refractivity contribution in [2.24, 2.45) is 0 Å². The molecule has 0 atom stereocenters. The predicted octanol–water partition coefficient (Wildman–Crippen LogP) is 3.43. The van der Waals surface area contributed by atoms with Gasteiger partial charge in [-0.1, -0.05) is 57.8 Å². The first-order chi connectivity index (χ1) is 12.7. The van der Waals surface area contributed by atoms with Crippen molar-refractivity contribution in [2.45, 2.75) is 76.7 Å². The van der Waals surface area contributed by atoms with Gasteiger partial charge >= 0.3 is 0 Å². The van der Waals surface area contributed by atoms with Gasteiger partial charge in [-0.25, -0.2) is 0 Å². The topological polar surface area (TPSA) is 59.4 Å². The van der Waals surface area contributed by atoms with Crippen LogP contribution in [0.3, 0.4) is 0 Å². The third-order valence-electron chi connectivity index (χ3n) is 5.71. The summed E-state index contributed by atoms with van der Waals surface area (Å²) in [6, 6.07) is 2.50. The van der Waals surface area contributed by atoms with Crippen LogP contribution in [-0.2, 0) is 4.79 Å². The minimum atomic E-state index is -0.124. The summed E-state index contributed by atoms with van der Waals surface area (Å²) in [5, 5.41) is 12.9. The number of nitrogens with zero attached hydrogens (tertiary/aromatic N) is 3. The number of amides is 1. The van der Waals surface area contributed by atoms with E-state index in [1.54, 1.807) is 11.1 Å². The highest BCUT2D eigenvalue weighted by Gasteiger charge is 2.22. The van der Waals surface area contributed by atoms with Gasteiger partial charge in [0.1, 0.15) is 11.6 Å². The highest BCUT2D eigenvalue weighted by atomic mass is 16.2. The molecule has 0 aromatic carbocycles. The van der Waals surface area contributed by atoms with Gasteiger partial charge in [0.25, 0.3) is 5.91 Å². The van der Waals surface area contributed by atoms with Crippen LogP contribution in [0.25, 0.3) is 0 Å². The highest BCUT2D eigenvalue weighted by Crippen LogP contribution is 2.17. The molecule has 1 N–H and O–H groups in total. The Hall–Kier alpha value is -1.54. The summed E-state index contributed by atoms with van der Waals surface area (Å²) in [4.78, 5) is 16.6. The SMILES string of the molecule is CN1CCN(C(=O)/C(C#N)=C\NC2CCCCCCCCCCC2)CC1. The Kier molecular flexibility index (Phi) is 9.55. The maximum atomic E-state index is 12.6. The first-order valence-corrected chi connectivity index (χ1v) is 10.5. The quantitative estimate of drug-likeness (QED) is 0.619. The minimum absolute atomic E-state index is 0.124. The van der Waals surface area contributed by atoms with Crippen LogP contribution in [0, 0.1) is 11.3 Å². The molecular weight excluding hydrogens is 324 g/mol. The molecule has 1 saturated heterocycles. The standard InChI is InChI=1S/C21H36N4O/c1-24-13-15-25(16-14-24)21(26)19(17-22)18-23-20-11-9-7-5-3-2-4-6-8-10-12-20/h18,20,23H,2-16H2,1H3/b19-18-. The molecule has 0 unspecified atom stereocenters. The lowest BCUT2D eigenvalue weighted by molar-refractivity contribution is -0.128. The number of nitriles is 1. The first-order valence-electron chi connectivity index (χ1n) is 10.5. The van der Waals surface area contributed by atoms with Crippen molar-refractivity contribution >= 4 is 5.91 Å². The van der Waals surface area contributed by atoms with E-state index in [1.165, 1.54) is 57.8 Å². The van der Waals surface area contributed by atoms with Crippen LogP contribution in [0.1, 0.15) is 70.6 Å². The lowest BCUT2D eigenvalue weighted by Crippen LogP contribution is -2.47. The molecule has 2 fully saturated rings. The monoisotopic (exact) mass is 360 g/mol. The number of hydrogen-bond acceptors (Lipinski definition) is 4. The van der Waals surface area contributed by atoms with E-state index in [1.807, 2.05) is 0 Å². The summed E-state index contributed by atoms with van der Waals surface area (Å²) in [6.07, 6.45) is 15.9. The molecule has 146 valence electrons. The fourth-order valence-electron chi connectivity index (χ4n) is 3.85. The molecule has 1 saturated carbocycles. The van der Waals surface area contributed by atoms with E-state index in [0.717, 1.165) is 25.9 Å². The molecule has 5 nitrogen and oxygen atoms in total. The van der Waals surface area contributed by atoms with Crippen molar-refractivity contribution in [1.29, 1.82) is 5.26 Å². The molecule has 1 heterocycles. The number of hydrogen-bond donors (Lipinski definition) is 1. The van der Waals surface area contributed by atoms with Crippen LogP contribution in [0.2, 0.25) is 0 Å². The Morgan fingerprint density at radius 3 is 1.92 bits per heavy atom. The smallest absolute Gasteiger partial charge is 0.266 e. The average Bonchev–Trinajstić information content (AvgIpc) is 2.64. The predicted molar refractivity (Wildman–Crippen MR) is 105 cm³/mol. The van der Waals surface area contributed by atoms with Crippen LogP contribution in [0.4, 0.5) is 0 Å². The van der Waals surface area contributed by atoms with Crippen molar-refractivity contribution in [3.63, 3.8) is 0 Å². The Bertz CT molecular complexity index is 477. The van der Waals surface area contributed by atoms with Gasteiger partial charge in [0, 0.05) is 38.4 Å². The summed E-state index contributed by atoms with van der Waals surface area (Å²) in [7, 11) is 2.06. The van der Waals surface area contributed by atoms with Crippen LogP contribution in [0.15, 0.2) is 11.8 Å². The molecule has 2 aliphatic rings. The molecule has 1 aliphatic heterocycles. The average molecular weight is 361 g/mol. The number of piperazine rings is 1. The molecule has 0 bridgehead atoms. The van der Waals surface area contributed by atoms with Crippen molar-refractivity contribution in [2.75, 3.05) is 33.2 Å². The molecule has 0 radical (unpaired) electrons.